The minimum Gasteiger partial charge on any atom is -0.340 e. The highest BCUT2D eigenvalue weighted by Crippen LogP contribution is 2.23. The standard InChI is InChI=1S/C22H27N5O6S/c1-16-7-8-20(17(2)15-16)34(32,33)26-13-11-25(12-14-26)22(29)10-9-21(28)24-23-18-5-3-4-6-19(18)27(30)31/h3-8,15,23H,9-14H2,1-2H3,(H,24,28). The van der Waals surface area contributed by atoms with E-state index in [2.05, 4.69) is 10.9 Å². The molecule has 1 saturated heterocycles. The van der Waals surface area contributed by atoms with E-state index < -0.39 is 20.9 Å². The van der Waals surface area contributed by atoms with Crippen LogP contribution >= 0.6 is 0 Å². The number of nitrogens with zero attached hydrogens (tertiary/aromatic N) is 3. The summed E-state index contributed by atoms with van der Waals surface area (Å²) in [5, 5.41) is 11.0. The Bertz CT molecular complexity index is 1190. The van der Waals surface area contributed by atoms with Crippen LogP contribution in [0, 0.1) is 24.0 Å². The van der Waals surface area contributed by atoms with Crippen molar-refractivity contribution in [3.05, 3.63) is 63.7 Å². The molecule has 0 radical (unpaired) electrons. The van der Waals surface area contributed by atoms with E-state index in [1.807, 2.05) is 13.0 Å². The topological polar surface area (TPSA) is 142 Å². The van der Waals surface area contributed by atoms with Gasteiger partial charge in [-0.1, -0.05) is 29.8 Å². The molecule has 182 valence electrons. The van der Waals surface area contributed by atoms with E-state index in [-0.39, 0.29) is 61.2 Å². The molecule has 0 aliphatic carbocycles. The molecule has 2 N–H and O–H groups in total. The molecule has 12 heteroatoms. The van der Waals surface area contributed by atoms with Crippen LogP contribution in [0.15, 0.2) is 47.4 Å². The number of nitro groups is 1. The Hall–Kier alpha value is -3.51. The zero-order valence-electron chi connectivity index (χ0n) is 19.0. The number of rotatable bonds is 8. The first-order chi connectivity index (χ1) is 16.1. The van der Waals surface area contributed by atoms with Crippen molar-refractivity contribution >= 4 is 33.2 Å². The van der Waals surface area contributed by atoms with Crippen molar-refractivity contribution in [2.75, 3.05) is 31.6 Å². The Balaban J connectivity index is 1.47. The SMILES string of the molecule is Cc1ccc(S(=O)(=O)N2CCN(C(=O)CCC(=O)NNc3ccccc3[N+](=O)[O-])CC2)c(C)c1. The largest absolute Gasteiger partial charge is 0.340 e. The first-order valence-electron chi connectivity index (χ1n) is 10.7. The lowest BCUT2D eigenvalue weighted by Crippen LogP contribution is -2.50. The number of nitrogens with one attached hydrogen (secondary N) is 2. The number of hydrogen-bond donors (Lipinski definition) is 2. The van der Waals surface area contributed by atoms with Crippen molar-refractivity contribution in [2.45, 2.75) is 31.6 Å². The third kappa shape index (κ3) is 5.88. The number of para-hydroxylation sites is 2. The fourth-order valence-corrected chi connectivity index (χ4v) is 5.35. The summed E-state index contributed by atoms with van der Waals surface area (Å²) in [5.41, 5.74) is 6.46. The zero-order chi connectivity index (χ0) is 24.9. The number of anilines is 1. The number of carbonyl (C=O) groups is 2. The summed E-state index contributed by atoms with van der Waals surface area (Å²) in [6, 6.07) is 11.0. The lowest BCUT2D eigenvalue weighted by Gasteiger charge is -2.34. The van der Waals surface area contributed by atoms with Gasteiger partial charge in [0.15, 0.2) is 0 Å². The van der Waals surface area contributed by atoms with Gasteiger partial charge in [0.05, 0.1) is 9.82 Å². The van der Waals surface area contributed by atoms with Crippen molar-refractivity contribution in [2.24, 2.45) is 0 Å². The van der Waals surface area contributed by atoms with Gasteiger partial charge in [-0.15, -0.1) is 0 Å². The van der Waals surface area contributed by atoms with Crippen LogP contribution in [-0.2, 0) is 19.6 Å². The second-order valence-corrected chi connectivity index (χ2v) is 9.91. The fourth-order valence-electron chi connectivity index (χ4n) is 3.72. The highest BCUT2D eigenvalue weighted by molar-refractivity contribution is 7.89. The Labute approximate surface area is 197 Å². The summed E-state index contributed by atoms with van der Waals surface area (Å²) >= 11 is 0. The Morgan fingerprint density at radius 1 is 1.03 bits per heavy atom. The Morgan fingerprint density at radius 2 is 1.71 bits per heavy atom. The maximum Gasteiger partial charge on any atom is 0.294 e. The van der Waals surface area contributed by atoms with Gasteiger partial charge < -0.3 is 4.90 Å². The fraction of sp³-hybridized carbons (Fsp3) is 0.364. The number of hydrogen-bond acceptors (Lipinski definition) is 7. The van der Waals surface area contributed by atoms with E-state index in [1.54, 1.807) is 25.1 Å². The number of hydrazine groups is 1. The number of amides is 2. The van der Waals surface area contributed by atoms with E-state index in [1.165, 1.54) is 27.4 Å². The number of benzene rings is 2. The first kappa shape index (κ1) is 25.1. The van der Waals surface area contributed by atoms with Gasteiger partial charge in [0.2, 0.25) is 21.8 Å². The van der Waals surface area contributed by atoms with Crippen molar-refractivity contribution in [3.63, 3.8) is 0 Å². The number of nitro benzene ring substituents is 1. The molecule has 0 unspecified atom stereocenters. The molecular formula is C22H27N5O6S. The normalized spacial score (nSPS) is 14.5. The van der Waals surface area contributed by atoms with Gasteiger partial charge in [0, 0.05) is 45.1 Å². The lowest BCUT2D eigenvalue weighted by molar-refractivity contribution is -0.384. The molecule has 34 heavy (non-hydrogen) atoms. The third-order valence-corrected chi connectivity index (χ3v) is 7.60. The molecular weight excluding hydrogens is 462 g/mol. The maximum absolute atomic E-state index is 13.0. The quantitative estimate of drug-likeness (QED) is 0.426. The van der Waals surface area contributed by atoms with E-state index in [4.69, 9.17) is 0 Å². The summed E-state index contributed by atoms with van der Waals surface area (Å²) in [4.78, 5) is 36.8. The van der Waals surface area contributed by atoms with Crippen molar-refractivity contribution in [3.8, 4) is 0 Å². The predicted molar refractivity (Wildman–Crippen MR) is 125 cm³/mol. The molecule has 0 spiro atoms. The maximum atomic E-state index is 13.0. The number of aryl methyl sites for hydroxylation is 2. The minimum absolute atomic E-state index is 0.0613. The lowest BCUT2D eigenvalue weighted by atomic mass is 10.2. The summed E-state index contributed by atoms with van der Waals surface area (Å²) in [5.74, 6) is -0.757. The minimum atomic E-state index is -3.65. The number of piperazine rings is 1. The van der Waals surface area contributed by atoms with Crippen molar-refractivity contribution in [1.29, 1.82) is 0 Å². The van der Waals surface area contributed by atoms with Crippen LogP contribution in [0.4, 0.5) is 11.4 Å². The van der Waals surface area contributed by atoms with Crippen LogP contribution in [0.5, 0.6) is 0 Å². The molecule has 0 atom stereocenters. The van der Waals surface area contributed by atoms with Gasteiger partial charge >= 0.3 is 0 Å². The smallest absolute Gasteiger partial charge is 0.294 e. The van der Waals surface area contributed by atoms with Crippen molar-refractivity contribution in [1.82, 2.24) is 14.6 Å². The first-order valence-corrected chi connectivity index (χ1v) is 12.2. The van der Waals surface area contributed by atoms with E-state index in [0.717, 1.165) is 5.56 Å². The molecule has 3 rings (SSSR count). The molecule has 1 aliphatic rings. The van der Waals surface area contributed by atoms with Gasteiger partial charge in [-0.05, 0) is 31.5 Å². The summed E-state index contributed by atoms with van der Waals surface area (Å²) in [6.45, 7) is 4.48. The molecule has 1 fully saturated rings. The van der Waals surface area contributed by atoms with E-state index >= 15 is 0 Å². The van der Waals surface area contributed by atoms with Gasteiger partial charge in [-0.25, -0.2) is 8.42 Å². The third-order valence-electron chi connectivity index (χ3n) is 5.54. The van der Waals surface area contributed by atoms with Crippen molar-refractivity contribution < 1.29 is 22.9 Å². The second kappa shape index (κ2) is 10.6. The van der Waals surface area contributed by atoms with Crippen LogP contribution in [0.25, 0.3) is 0 Å². The molecule has 11 nitrogen and oxygen atoms in total. The molecule has 2 amide bonds. The van der Waals surface area contributed by atoms with Gasteiger partial charge in [0.25, 0.3) is 5.69 Å². The van der Waals surface area contributed by atoms with E-state index in [9.17, 15) is 28.1 Å². The average Bonchev–Trinajstić information content (AvgIpc) is 2.81. The van der Waals surface area contributed by atoms with Gasteiger partial charge in [-0.2, -0.15) is 4.31 Å². The molecule has 0 aromatic heterocycles. The monoisotopic (exact) mass is 489 g/mol. The molecule has 2 aromatic carbocycles. The van der Waals surface area contributed by atoms with Crippen LogP contribution in [-0.4, -0.2) is 60.5 Å². The highest BCUT2D eigenvalue weighted by atomic mass is 32.2. The zero-order valence-corrected chi connectivity index (χ0v) is 19.8. The molecule has 1 aliphatic heterocycles. The predicted octanol–water partition coefficient (Wildman–Crippen LogP) is 1.97. The second-order valence-electron chi connectivity index (χ2n) is 8.00. The van der Waals surface area contributed by atoms with E-state index in [0.29, 0.717) is 5.56 Å². The highest BCUT2D eigenvalue weighted by Gasteiger charge is 2.31. The van der Waals surface area contributed by atoms with Crippen LogP contribution in [0.1, 0.15) is 24.0 Å². The Morgan fingerprint density at radius 3 is 2.35 bits per heavy atom. The molecule has 0 saturated carbocycles. The van der Waals surface area contributed by atoms with Crippen LogP contribution in [0.3, 0.4) is 0 Å². The number of carbonyl (C=O) groups excluding carboxylic acids is 2. The van der Waals surface area contributed by atoms with Crippen LogP contribution in [0.2, 0.25) is 0 Å². The summed E-state index contributed by atoms with van der Waals surface area (Å²) in [7, 11) is -3.65. The van der Waals surface area contributed by atoms with Gasteiger partial charge in [-0.3, -0.25) is 30.6 Å². The summed E-state index contributed by atoms with van der Waals surface area (Å²) < 4.78 is 27.3. The average molecular weight is 490 g/mol. The summed E-state index contributed by atoms with van der Waals surface area (Å²) in [6.07, 6.45) is -0.179. The van der Waals surface area contributed by atoms with Gasteiger partial charge in [0.1, 0.15) is 5.69 Å². The van der Waals surface area contributed by atoms with Crippen LogP contribution < -0.4 is 10.9 Å². The molecule has 1 heterocycles. The molecule has 0 bridgehead atoms. The number of sulfonamides is 1. The molecule has 2 aromatic rings. The Kier molecular flexibility index (Phi) is 7.84.